The second-order valence-corrected chi connectivity index (χ2v) is 6.19. The minimum absolute atomic E-state index is 0.154. The van der Waals surface area contributed by atoms with E-state index in [9.17, 15) is 14.7 Å². The molecule has 1 aromatic carbocycles. The highest BCUT2D eigenvalue weighted by Gasteiger charge is 2.25. The number of nitrogens with one attached hydrogen (secondary N) is 3. The first kappa shape index (κ1) is 15.3. The molecule has 1 aliphatic carbocycles. The van der Waals surface area contributed by atoms with Crippen LogP contribution < -0.4 is 10.9 Å². The molecule has 0 atom stereocenters. The van der Waals surface area contributed by atoms with E-state index < -0.39 is 0 Å². The fraction of sp³-hybridized carbons (Fsp3) is 0.235. The van der Waals surface area contributed by atoms with E-state index in [2.05, 4.69) is 20.6 Å². The Kier molecular flexibility index (Phi) is 3.64. The molecule has 0 bridgehead atoms. The zero-order valence-electron chi connectivity index (χ0n) is 13.3. The third-order valence-electron chi connectivity index (χ3n) is 4.15. The van der Waals surface area contributed by atoms with E-state index in [-0.39, 0.29) is 23.8 Å². The Labute approximate surface area is 142 Å². The van der Waals surface area contributed by atoms with Gasteiger partial charge in [-0.2, -0.15) is 5.10 Å². The number of benzene rings is 1. The van der Waals surface area contributed by atoms with Gasteiger partial charge in [0, 0.05) is 17.7 Å². The van der Waals surface area contributed by atoms with E-state index in [0.29, 0.717) is 17.4 Å². The van der Waals surface area contributed by atoms with Crippen molar-refractivity contribution in [2.75, 3.05) is 5.32 Å². The van der Waals surface area contributed by atoms with E-state index in [1.807, 2.05) is 6.07 Å². The summed E-state index contributed by atoms with van der Waals surface area (Å²) >= 11 is 0. The highest BCUT2D eigenvalue weighted by Crippen LogP contribution is 2.39. The molecule has 1 fully saturated rings. The molecule has 8 heteroatoms. The number of nitrogens with zero attached hydrogens (tertiary/aromatic N) is 2. The maximum Gasteiger partial charge on any atom is 0.268 e. The van der Waals surface area contributed by atoms with Crippen LogP contribution in [0.5, 0.6) is 5.88 Å². The zero-order chi connectivity index (χ0) is 17.4. The molecule has 4 rings (SSSR count). The van der Waals surface area contributed by atoms with Gasteiger partial charge in [-0.15, -0.1) is 0 Å². The predicted octanol–water partition coefficient (Wildman–Crippen LogP) is 1.65. The average Bonchev–Trinajstić information content (AvgIpc) is 3.24. The van der Waals surface area contributed by atoms with Crippen molar-refractivity contribution >= 4 is 11.7 Å². The Bertz CT molecular complexity index is 963. The second kappa shape index (κ2) is 5.97. The molecule has 2 heterocycles. The summed E-state index contributed by atoms with van der Waals surface area (Å²) in [7, 11) is 0. The van der Waals surface area contributed by atoms with E-state index in [1.54, 1.807) is 24.3 Å². The number of rotatable bonds is 5. The van der Waals surface area contributed by atoms with Crippen LogP contribution in [0.3, 0.4) is 0 Å². The van der Waals surface area contributed by atoms with Crippen LogP contribution in [0.1, 0.15) is 30.0 Å². The Morgan fingerprint density at radius 3 is 2.68 bits per heavy atom. The monoisotopic (exact) mass is 339 g/mol. The zero-order valence-corrected chi connectivity index (χ0v) is 13.3. The molecule has 0 radical (unpaired) electrons. The number of hydrogen-bond acceptors (Lipinski definition) is 4. The molecule has 1 amide bonds. The summed E-state index contributed by atoms with van der Waals surface area (Å²) in [6.45, 7) is 0. The van der Waals surface area contributed by atoms with Crippen molar-refractivity contribution in [1.29, 1.82) is 0 Å². The molecule has 0 saturated heterocycles. The van der Waals surface area contributed by atoms with Crippen molar-refractivity contribution < 1.29 is 9.90 Å². The third-order valence-corrected chi connectivity index (χ3v) is 4.15. The molecular formula is C17H17N5O3. The summed E-state index contributed by atoms with van der Waals surface area (Å²) in [5.41, 5.74) is 2.10. The minimum Gasteiger partial charge on any atom is -0.493 e. The van der Waals surface area contributed by atoms with Crippen molar-refractivity contribution in [3.63, 3.8) is 0 Å². The Morgan fingerprint density at radius 1 is 1.28 bits per heavy atom. The normalized spacial score (nSPS) is 13.8. The summed E-state index contributed by atoms with van der Waals surface area (Å²) in [6.07, 6.45) is 2.55. The molecule has 8 nitrogen and oxygen atoms in total. The number of anilines is 1. The molecule has 1 aliphatic rings. The Hall–Kier alpha value is -3.29. The average molecular weight is 339 g/mol. The number of aromatic amines is 2. The summed E-state index contributed by atoms with van der Waals surface area (Å²) < 4.78 is 1.27. The summed E-state index contributed by atoms with van der Waals surface area (Å²) in [4.78, 5) is 23.4. The van der Waals surface area contributed by atoms with Crippen molar-refractivity contribution in [3.8, 4) is 11.6 Å². The van der Waals surface area contributed by atoms with Gasteiger partial charge in [-0.25, -0.2) is 4.68 Å². The summed E-state index contributed by atoms with van der Waals surface area (Å²) in [6, 6.07) is 9.96. The predicted molar refractivity (Wildman–Crippen MR) is 91.0 cm³/mol. The lowest BCUT2D eigenvalue weighted by Gasteiger charge is -2.06. The number of amides is 1. The largest absolute Gasteiger partial charge is 0.493 e. The smallest absolute Gasteiger partial charge is 0.268 e. The lowest BCUT2D eigenvalue weighted by Crippen LogP contribution is -2.14. The SMILES string of the molecule is O=C(Cc1ccc(-n2[nH]c(=O)cc2O)cc1)Nc1cc(C2CC2)[nH]n1. The van der Waals surface area contributed by atoms with Crippen LogP contribution in [-0.4, -0.2) is 31.0 Å². The first-order chi connectivity index (χ1) is 12.1. The van der Waals surface area contributed by atoms with Crippen LogP contribution in [0, 0.1) is 0 Å². The highest BCUT2D eigenvalue weighted by molar-refractivity contribution is 5.91. The van der Waals surface area contributed by atoms with Crippen LogP contribution >= 0.6 is 0 Å². The van der Waals surface area contributed by atoms with Gasteiger partial charge >= 0.3 is 0 Å². The quantitative estimate of drug-likeness (QED) is 0.565. The molecule has 25 heavy (non-hydrogen) atoms. The summed E-state index contributed by atoms with van der Waals surface area (Å²) in [5, 5.41) is 22.0. The Balaban J connectivity index is 1.40. The van der Waals surface area contributed by atoms with Gasteiger partial charge in [-0.3, -0.25) is 19.8 Å². The number of H-pyrrole nitrogens is 2. The number of hydrogen-bond donors (Lipinski definition) is 4. The maximum atomic E-state index is 12.1. The van der Waals surface area contributed by atoms with Gasteiger partial charge < -0.3 is 10.4 Å². The van der Waals surface area contributed by atoms with Crippen LogP contribution in [0.2, 0.25) is 0 Å². The van der Waals surface area contributed by atoms with E-state index >= 15 is 0 Å². The van der Waals surface area contributed by atoms with Crippen LogP contribution in [0.25, 0.3) is 5.69 Å². The molecular weight excluding hydrogens is 322 g/mol. The number of carbonyl (C=O) groups is 1. The molecule has 0 aliphatic heterocycles. The van der Waals surface area contributed by atoms with Gasteiger partial charge in [0.05, 0.1) is 18.2 Å². The lowest BCUT2D eigenvalue weighted by atomic mass is 10.1. The molecule has 3 aromatic rings. The standard InChI is InChI=1S/C17H17N5O3/c23-15(18-14-8-13(19-20-14)11-3-4-11)7-10-1-5-12(6-2-10)22-17(25)9-16(24)21-22/h1-2,5-6,8-9,11,25H,3-4,7H2,(H,21,24)(H2,18,19,20,23). The summed E-state index contributed by atoms with van der Waals surface area (Å²) in [5.74, 6) is 0.778. The van der Waals surface area contributed by atoms with Gasteiger partial charge in [-0.05, 0) is 30.5 Å². The lowest BCUT2D eigenvalue weighted by molar-refractivity contribution is -0.115. The second-order valence-electron chi connectivity index (χ2n) is 6.19. The van der Waals surface area contributed by atoms with E-state index in [0.717, 1.165) is 17.3 Å². The van der Waals surface area contributed by atoms with Crippen molar-refractivity contribution in [3.05, 3.63) is 58.0 Å². The van der Waals surface area contributed by atoms with Gasteiger partial charge in [0.25, 0.3) is 5.56 Å². The van der Waals surface area contributed by atoms with E-state index in [1.165, 1.54) is 17.5 Å². The van der Waals surface area contributed by atoms with Crippen LogP contribution in [-0.2, 0) is 11.2 Å². The molecule has 2 aromatic heterocycles. The molecule has 0 unspecified atom stereocenters. The van der Waals surface area contributed by atoms with Crippen molar-refractivity contribution in [1.82, 2.24) is 20.0 Å². The maximum absolute atomic E-state index is 12.1. The van der Waals surface area contributed by atoms with Crippen LogP contribution in [0.15, 0.2) is 41.2 Å². The van der Waals surface area contributed by atoms with Gasteiger partial charge in [-0.1, -0.05) is 12.1 Å². The van der Waals surface area contributed by atoms with Gasteiger partial charge in [0.1, 0.15) is 0 Å². The fourth-order valence-electron chi connectivity index (χ4n) is 2.72. The number of aromatic nitrogens is 4. The minimum atomic E-state index is -0.384. The number of carbonyl (C=O) groups excluding carboxylic acids is 1. The van der Waals surface area contributed by atoms with Gasteiger partial charge in [0.2, 0.25) is 11.8 Å². The fourth-order valence-corrected chi connectivity index (χ4v) is 2.72. The number of aromatic hydroxyl groups is 1. The molecule has 0 spiro atoms. The van der Waals surface area contributed by atoms with E-state index in [4.69, 9.17) is 0 Å². The first-order valence-corrected chi connectivity index (χ1v) is 8.04. The molecule has 4 N–H and O–H groups in total. The van der Waals surface area contributed by atoms with Crippen molar-refractivity contribution in [2.24, 2.45) is 0 Å². The molecule has 1 saturated carbocycles. The van der Waals surface area contributed by atoms with Gasteiger partial charge in [0.15, 0.2) is 5.82 Å². The third kappa shape index (κ3) is 3.32. The van der Waals surface area contributed by atoms with Crippen LogP contribution in [0.4, 0.5) is 5.82 Å². The Morgan fingerprint density at radius 2 is 2.04 bits per heavy atom. The molecule has 128 valence electrons. The highest BCUT2D eigenvalue weighted by atomic mass is 16.3. The first-order valence-electron chi connectivity index (χ1n) is 8.04. The topological polar surface area (TPSA) is 116 Å². The van der Waals surface area contributed by atoms with Crippen molar-refractivity contribution in [2.45, 2.75) is 25.2 Å².